The molecule has 2 rings (SSSR count). The summed E-state index contributed by atoms with van der Waals surface area (Å²) in [6, 6.07) is 4.91. The van der Waals surface area contributed by atoms with Crippen molar-refractivity contribution in [3.05, 3.63) is 33.9 Å². The van der Waals surface area contributed by atoms with E-state index in [9.17, 15) is 10.1 Å². The van der Waals surface area contributed by atoms with E-state index in [1.807, 2.05) is 0 Å². The smallest absolute Gasteiger partial charge is 0.405 e. The SMILES string of the molecule is Cc1c(B2OCCO2)cccc1[N+](=O)[O-]. The molecule has 1 aromatic rings. The van der Waals surface area contributed by atoms with Gasteiger partial charge >= 0.3 is 7.12 Å². The molecule has 1 saturated heterocycles. The maximum absolute atomic E-state index is 10.7. The van der Waals surface area contributed by atoms with Gasteiger partial charge in [-0.05, 0) is 12.4 Å². The summed E-state index contributed by atoms with van der Waals surface area (Å²) in [4.78, 5) is 10.3. The molecule has 0 atom stereocenters. The van der Waals surface area contributed by atoms with Crippen LogP contribution in [-0.2, 0) is 9.31 Å². The van der Waals surface area contributed by atoms with Crippen molar-refractivity contribution in [1.29, 1.82) is 0 Å². The number of nitro benzene ring substituents is 1. The van der Waals surface area contributed by atoms with Gasteiger partial charge in [0.2, 0.25) is 0 Å². The van der Waals surface area contributed by atoms with Crippen LogP contribution in [0.25, 0.3) is 0 Å². The molecule has 0 bridgehead atoms. The van der Waals surface area contributed by atoms with Gasteiger partial charge in [-0.1, -0.05) is 12.1 Å². The van der Waals surface area contributed by atoms with Gasteiger partial charge in [-0.15, -0.1) is 0 Å². The molecule has 0 saturated carbocycles. The van der Waals surface area contributed by atoms with Crippen LogP contribution in [0.2, 0.25) is 0 Å². The Morgan fingerprint density at radius 2 is 2.07 bits per heavy atom. The van der Waals surface area contributed by atoms with Gasteiger partial charge in [0, 0.05) is 11.6 Å². The first-order chi connectivity index (χ1) is 7.20. The van der Waals surface area contributed by atoms with E-state index in [2.05, 4.69) is 0 Å². The largest absolute Gasteiger partial charge is 0.494 e. The zero-order valence-electron chi connectivity index (χ0n) is 8.30. The third-order valence-corrected chi connectivity index (χ3v) is 2.42. The van der Waals surface area contributed by atoms with Gasteiger partial charge in [-0.25, -0.2) is 0 Å². The van der Waals surface area contributed by atoms with E-state index in [4.69, 9.17) is 9.31 Å². The van der Waals surface area contributed by atoms with Gasteiger partial charge in [0.1, 0.15) is 0 Å². The Bertz CT molecular complexity index is 390. The number of nitro groups is 1. The summed E-state index contributed by atoms with van der Waals surface area (Å²) in [5.41, 5.74) is 1.45. The van der Waals surface area contributed by atoms with Crippen molar-refractivity contribution in [3.8, 4) is 0 Å². The summed E-state index contributed by atoms with van der Waals surface area (Å²) in [5.74, 6) is 0. The van der Waals surface area contributed by atoms with E-state index in [1.54, 1.807) is 19.1 Å². The van der Waals surface area contributed by atoms with Crippen molar-refractivity contribution < 1.29 is 14.2 Å². The van der Waals surface area contributed by atoms with Crippen molar-refractivity contribution in [1.82, 2.24) is 0 Å². The standard InChI is InChI=1S/C9H10BNO4/c1-7-8(10-14-5-6-15-10)3-2-4-9(7)11(12)13/h2-4H,5-6H2,1H3. The molecule has 1 heterocycles. The van der Waals surface area contributed by atoms with Crippen LogP contribution in [0.5, 0.6) is 0 Å². The highest BCUT2D eigenvalue weighted by atomic mass is 16.6. The van der Waals surface area contributed by atoms with Gasteiger partial charge in [0.15, 0.2) is 0 Å². The van der Waals surface area contributed by atoms with Crippen LogP contribution < -0.4 is 5.46 Å². The minimum Gasteiger partial charge on any atom is -0.405 e. The molecule has 0 N–H and O–H groups in total. The third-order valence-electron chi connectivity index (χ3n) is 2.42. The minimum atomic E-state index is -0.454. The zero-order valence-corrected chi connectivity index (χ0v) is 8.30. The van der Waals surface area contributed by atoms with E-state index in [0.717, 1.165) is 5.46 Å². The highest BCUT2D eigenvalue weighted by Gasteiger charge is 2.30. The fourth-order valence-corrected chi connectivity index (χ4v) is 1.63. The Morgan fingerprint density at radius 1 is 1.40 bits per heavy atom. The van der Waals surface area contributed by atoms with E-state index in [-0.39, 0.29) is 5.69 Å². The summed E-state index contributed by atoms with van der Waals surface area (Å²) in [6.07, 6.45) is 0. The van der Waals surface area contributed by atoms with Crippen LogP contribution in [0.1, 0.15) is 5.56 Å². The van der Waals surface area contributed by atoms with Crippen LogP contribution >= 0.6 is 0 Å². The predicted octanol–water partition coefficient (Wildman–Crippen LogP) is 0.645. The molecule has 0 aromatic heterocycles. The molecule has 1 fully saturated rings. The molecular weight excluding hydrogens is 197 g/mol. The first-order valence-corrected chi connectivity index (χ1v) is 4.67. The lowest BCUT2D eigenvalue weighted by Crippen LogP contribution is -2.34. The average Bonchev–Trinajstić information content (AvgIpc) is 2.70. The molecule has 78 valence electrons. The Kier molecular flexibility index (Phi) is 2.70. The molecule has 0 spiro atoms. The van der Waals surface area contributed by atoms with E-state index in [0.29, 0.717) is 18.8 Å². The molecule has 0 radical (unpaired) electrons. The predicted molar refractivity (Wildman–Crippen MR) is 55.1 cm³/mol. The molecule has 0 aliphatic carbocycles. The topological polar surface area (TPSA) is 61.6 Å². The molecule has 1 aliphatic heterocycles. The van der Waals surface area contributed by atoms with Crippen LogP contribution in [0, 0.1) is 17.0 Å². The number of hydrogen-bond acceptors (Lipinski definition) is 4. The highest BCUT2D eigenvalue weighted by molar-refractivity contribution is 6.62. The van der Waals surface area contributed by atoms with Gasteiger partial charge in [-0.3, -0.25) is 10.1 Å². The van der Waals surface area contributed by atoms with E-state index < -0.39 is 12.0 Å². The quantitative estimate of drug-likeness (QED) is 0.405. The lowest BCUT2D eigenvalue weighted by Gasteiger charge is -2.07. The van der Waals surface area contributed by atoms with Crippen LogP contribution in [-0.4, -0.2) is 25.3 Å². The highest BCUT2D eigenvalue weighted by Crippen LogP contribution is 2.16. The summed E-state index contributed by atoms with van der Waals surface area (Å²) in [5, 5.41) is 10.7. The Labute approximate surface area is 87.3 Å². The second-order valence-electron chi connectivity index (χ2n) is 3.32. The number of rotatable bonds is 2. The summed E-state index contributed by atoms with van der Waals surface area (Å²) < 4.78 is 10.6. The van der Waals surface area contributed by atoms with Crippen molar-refractivity contribution in [2.24, 2.45) is 0 Å². The molecule has 1 aliphatic rings. The van der Waals surface area contributed by atoms with Gasteiger partial charge in [0.25, 0.3) is 5.69 Å². The monoisotopic (exact) mass is 207 g/mol. The summed E-state index contributed by atoms with van der Waals surface area (Å²) in [6.45, 7) is 2.78. The Morgan fingerprint density at radius 3 is 2.67 bits per heavy atom. The third kappa shape index (κ3) is 1.86. The van der Waals surface area contributed by atoms with E-state index in [1.165, 1.54) is 6.07 Å². The lowest BCUT2D eigenvalue weighted by atomic mass is 9.76. The lowest BCUT2D eigenvalue weighted by molar-refractivity contribution is -0.385. The maximum atomic E-state index is 10.7. The minimum absolute atomic E-state index is 0.103. The molecule has 1 aromatic carbocycles. The van der Waals surface area contributed by atoms with Crippen molar-refractivity contribution in [2.75, 3.05) is 13.2 Å². The number of nitrogens with zero attached hydrogens (tertiary/aromatic N) is 1. The van der Waals surface area contributed by atoms with Crippen LogP contribution in [0.3, 0.4) is 0 Å². The van der Waals surface area contributed by atoms with Crippen LogP contribution in [0.4, 0.5) is 5.69 Å². The molecule has 0 amide bonds. The summed E-state index contributed by atoms with van der Waals surface area (Å²) >= 11 is 0. The molecular formula is C9H10BNO4. The maximum Gasteiger partial charge on any atom is 0.494 e. The van der Waals surface area contributed by atoms with Gasteiger partial charge in [0.05, 0.1) is 18.1 Å². The Hall–Kier alpha value is -1.40. The molecule has 0 unspecified atom stereocenters. The van der Waals surface area contributed by atoms with Crippen molar-refractivity contribution >= 4 is 18.3 Å². The van der Waals surface area contributed by atoms with Crippen molar-refractivity contribution in [3.63, 3.8) is 0 Å². The fourth-order valence-electron chi connectivity index (χ4n) is 1.63. The van der Waals surface area contributed by atoms with Crippen molar-refractivity contribution in [2.45, 2.75) is 6.92 Å². The molecule has 15 heavy (non-hydrogen) atoms. The number of hydrogen-bond donors (Lipinski definition) is 0. The molecule has 5 nitrogen and oxygen atoms in total. The molecule has 6 heteroatoms. The van der Waals surface area contributed by atoms with E-state index >= 15 is 0 Å². The second-order valence-corrected chi connectivity index (χ2v) is 3.32. The fraction of sp³-hybridized carbons (Fsp3) is 0.333. The number of benzene rings is 1. The average molecular weight is 207 g/mol. The first kappa shape index (κ1) is 10.1. The Balaban J connectivity index is 2.39. The second kappa shape index (κ2) is 4.00. The summed E-state index contributed by atoms with van der Waals surface area (Å²) in [7, 11) is -0.454. The van der Waals surface area contributed by atoms with Crippen LogP contribution in [0.15, 0.2) is 18.2 Å². The first-order valence-electron chi connectivity index (χ1n) is 4.67. The van der Waals surface area contributed by atoms with Gasteiger partial charge in [-0.2, -0.15) is 0 Å². The van der Waals surface area contributed by atoms with Gasteiger partial charge < -0.3 is 9.31 Å². The zero-order chi connectivity index (χ0) is 10.8. The normalized spacial score (nSPS) is 15.7.